The van der Waals surface area contributed by atoms with Gasteiger partial charge in [-0.05, 0) is 43.9 Å². The van der Waals surface area contributed by atoms with Crippen molar-refractivity contribution >= 4 is 18.0 Å². The molecule has 3 unspecified atom stereocenters. The summed E-state index contributed by atoms with van der Waals surface area (Å²) in [7, 11) is 1.52. The molecule has 25 heavy (non-hydrogen) atoms. The molecule has 0 aliphatic heterocycles. The molecule has 0 spiro atoms. The number of methoxy groups -OCH3 is 1. The molecule has 0 aromatic carbocycles. The summed E-state index contributed by atoms with van der Waals surface area (Å²) in [5, 5.41) is 7.97. The van der Waals surface area contributed by atoms with Crippen molar-refractivity contribution in [3.63, 3.8) is 0 Å². The smallest absolute Gasteiger partial charge is 0.446 e. The van der Waals surface area contributed by atoms with Crippen LogP contribution in [0.5, 0.6) is 0 Å². The van der Waals surface area contributed by atoms with Crippen LogP contribution >= 0.6 is 12.0 Å². The van der Waals surface area contributed by atoms with Crippen LogP contribution in [-0.2, 0) is 23.6 Å². The van der Waals surface area contributed by atoms with Gasteiger partial charge in [-0.3, -0.25) is 5.04 Å². The highest BCUT2D eigenvalue weighted by molar-refractivity contribution is 7.96. The van der Waals surface area contributed by atoms with Gasteiger partial charge in [0.1, 0.15) is 5.60 Å². The Morgan fingerprint density at radius 3 is 2.16 bits per heavy atom. The first-order chi connectivity index (χ1) is 11.6. The lowest BCUT2D eigenvalue weighted by Crippen LogP contribution is -2.62. The van der Waals surface area contributed by atoms with Gasteiger partial charge in [0.2, 0.25) is 0 Å². The maximum atomic E-state index is 14.3. The SMILES string of the molecule is COC12CC3CC(C1)CC(OC(=O)C(F)(SOO[O-])C(F)(F)F)(C3)C2. The fourth-order valence-electron chi connectivity index (χ4n) is 4.97. The molecule has 4 bridgehead atoms. The number of alkyl halides is 4. The van der Waals surface area contributed by atoms with Gasteiger partial charge < -0.3 is 14.7 Å². The number of carbonyl (C=O) groups is 1. The molecule has 0 radical (unpaired) electrons. The van der Waals surface area contributed by atoms with Gasteiger partial charge >= 0.3 is 17.1 Å². The Hall–Kier alpha value is -0.620. The van der Waals surface area contributed by atoms with Crippen LogP contribution < -0.4 is 5.26 Å². The van der Waals surface area contributed by atoms with E-state index in [2.05, 4.69) is 9.37 Å². The van der Waals surface area contributed by atoms with E-state index in [0.29, 0.717) is 12.8 Å². The molecule has 4 fully saturated rings. The van der Waals surface area contributed by atoms with Crippen molar-refractivity contribution in [2.75, 3.05) is 7.11 Å². The average molecular weight is 389 g/mol. The van der Waals surface area contributed by atoms with E-state index in [0.717, 1.165) is 19.3 Å². The first-order valence-electron chi connectivity index (χ1n) is 7.76. The van der Waals surface area contributed by atoms with Gasteiger partial charge in [-0.15, -0.1) is 0 Å². The van der Waals surface area contributed by atoms with Crippen LogP contribution in [0.2, 0.25) is 0 Å². The van der Waals surface area contributed by atoms with E-state index in [1.54, 1.807) is 0 Å². The highest BCUT2D eigenvalue weighted by Crippen LogP contribution is 2.60. The van der Waals surface area contributed by atoms with Gasteiger partial charge in [-0.25, -0.2) is 9.18 Å². The lowest BCUT2D eigenvalue weighted by molar-refractivity contribution is -0.777. The number of carbonyl (C=O) groups excluding carboxylic acids is 1. The lowest BCUT2D eigenvalue weighted by atomic mass is 9.52. The quantitative estimate of drug-likeness (QED) is 0.227. The summed E-state index contributed by atoms with van der Waals surface area (Å²) in [5.41, 5.74) is -1.75. The van der Waals surface area contributed by atoms with Crippen LogP contribution in [-0.4, -0.2) is 35.5 Å². The number of ether oxygens (including phenoxy) is 2. The van der Waals surface area contributed by atoms with E-state index in [-0.39, 0.29) is 18.3 Å². The predicted octanol–water partition coefficient (Wildman–Crippen LogP) is 2.37. The van der Waals surface area contributed by atoms with E-state index in [1.807, 2.05) is 0 Å². The summed E-state index contributed by atoms with van der Waals surface area (Å²) in [4.78, 5) is 12.1. The van der Waals surface area contributed by atoms with Crippen molar-refractivity contribution in [3.05, 3.63) is 0 Å². The Balaban J connectivity index is 1.81. The van der Waals surface area contributed by atoms with Crippen molar-refractivity contribution in [3.8, 4) is 0 Å². The highest BCUT2D eigenvalue weighted by Gasteiger charge is 2.68. The second kappa shape index (κ2) is 6.22. The first-order valence-corrected chi connectivity index (χ1v) is 8.50. The van der Waals surface area contributed by atoms with Crippen molar-refractivity contribution in [2.24, 2.45) is 11.8 Å². The first kappa shape index (κ1) is 19.2. The van der Waals surface area contributed by atoms with Crippen LogP contribution in [0.25, 0.3) is 0 Å². The van der Waals surface area contributed by atoms with Gasteiger partial charge in [-0.2, -0.15) is 17.5 Å². The molecule has 0 saturated heterocycles. The van der Waals surface area contributed by atoms with E-state index in [9.17, 15) is 27.6 Å². The monoisotopic (exact) mass is 389 g/mol. The van der Waals surface area contributed by atoms with Gasteiger partial charge in [0, 0.05) is 13.5 Å². The molecule has 144 valence electrons. The Morgan fingerprint density at radius 1 is 1.12 bits per heavy atom. The Kier molecular flexibility index (Phi) is 4.77. The topological polar surface area (TPSA) is 77.1 Å². The molecule has 6 nitrogen and oxygen atoms in total. The zero-order valence-electron chi connectivity index (χ0n) is 13.3. The van der Waals surface area contributed by atoms with Gasteiger partial charge in [-0.1, -0.05) is 0 Å². The summed E-state index contributed by atoms with van der Waals surface area (Å²) in [6.45, 7) is 0. The molecule has 0 N–H and O–H groups in total. The van der Waals surface area contributed by atoms with Crippen LogP contribution in [0.15, 0.2) is 0 Å². The molecular formula is C14H17F4O6S-. The number of rotatable bonds is 6. The minimum Gasteiger partial charge on any atom is -0.691 e. The fraction of sp³-hybridized carbons (Fsp3) is 0.929. The lowest BCUT2D eigenvalue weighted by Gasteiger charge is -2.60. The number of halogens is 4. The largest absolute Gasteiger partial charge is 0.691 e. The normalized spacial score (nSPS) is 39.3. The minimum atomic E-state index is -5.64. The maximum Gasteiger partial charge on any atom is 0.446 e. The molecule has 4 aliphatic rings. The molecule has 0 amide bonds. The maximum absolute atomic E-state index is 14.3. The van der Waals surface area contributed by atoms with Crippen LogP contribution in [0.4, 0.5) is 17.6 Å². The molecule has 11 heteroatoms. The molecule has 3 atom stereocenters. The van der Waals surface area contributed by atoms with E-state index in [4.69, 9.17) is 9.47 Å². The molecule has 0 aromatic rings. The van der Waals surface area contributed by atoms with Crippen LogP contribution in [0.3, 0.4) is 0 Å². The van der Waals surface area contributed by atoms with Gasteiger partial charge in [0.05, 0.1) is 17.6 Å². The van der Waals surface area contributed by atoms with Gasteiger partial charge in [0.25, 0.3) is 0 Å². The summed E-state index contributed by atoms with van der Waals surface area (Å²) >= 11 is -1.06. The van der Waals surface area contributed by atoms with Crippen LogP contribution in [0, 0.1) is 11.8 Å². The van der Waals surface area contributed by atoms with Crippen molar-refractivity contribution < 1.29 is 46.5 Å². The zero-order valence-corrected chi connectivity index (χ0v) is 14.1. The zero-order chi connectivity index (χ0) is 18.5. The van der Waals surface area contributed by atoms with Gasteiger partial charge in [0.15, 0.2) is 0 Å². The number of esters is 1. The van der Waals surface area contributed by atoms with E-state index in [1.165, 1.54) is 7.11 Å². The molecule has 4 aliphatic carbocycles. The Morgan fingerprint density at radius 2 is 1.68 bits per heavy atom. The Bertz CT molecular complexity index is 530. The third-order valence-corrected chi connectivity index (χ3v) is 6.25. The molecule has 0 heterocycles. The fourth-order valence-corrected chi connectivity index (χ4v) is 5.30. The summed E-state index contributed by atoms with van der Waals surface area (Å²) in [6, 6.07) is 0. The second-order valence-electron chi connectivity index (χ2n) is 7.23. The number of hydrogen-bond donors (Lipinski definition) is 0. The summed E-state index contributed by atoms with van der Waals surface area (Å²) < 4.78 is 67.5. The Labute approximate surface area is 145 Å². The predicted molar refractivity (Wildman–Crippen MR) is 72.9 cm³/mol. The highest BCUT2D eigenvalue weighted by atomic mass is 32.2. The third kappa shape index (κ3) is 3.25. The van der Waals surface area contributed by atoms with E-state index < -0.39 is 40.4 Å². The third-order valence-electron chi connectivity index (χ3n) is 5.50. The second-order valence-corrected chi connectivity index (χ2v) is 8.10. The van der Waals surface area contributed by atoms with Crippen molar-refractivity contribution in [1.29, 1.82) is 0 Å². The van der Waals surface area contributed by atoms with Crippen LogP contribution in [0.1, 0.15) is 38.5 Å². The van der Waals surface area contributed by atoms with E-state index >= 15 is 0 Å². The molecule has 4 saturated carbocycles. The molecular weight excluding hydrogens is 372 g/mol. The van der Waals surface area contributed by atoms with Crippen molar-refractivity contribution in [1.82, 2.24) is 0 Å². The summed E-state index contributed by atoms with van der Waals surface area (Å²) in [5.74, 6) is -1.83. The number of hydrogen-bond acceptors (Lipinski definition) is 7. The van der Waals surface area contributed by atoms with Crippen molar-refractivity contribution in [2.45, 2.75) is 60.9 Å². The molecule has 0 aromatic heterocycles. The minimum absolute atomic E-state index is 0.155. The molecule has 4 rings (SSSR count). The summed E-state index contributed by atoms with van der Waals surface area (Å²) in [6.07, 6.45) is -2.27. The average Bonchev–Trinajstić information content (AvgIpc) is 2.49. The standard InChI is InChI=1S/C14H18F4O6S/c1-21-11-3-8-2-9(4-11)6-12(5-8,7-11)22-10(19)13(15,14(16,17)18)25-24-23-20/h8-9,20H,2-7H2,1H3/p-1.